The van der Waals surface area contributed by atoms with Gasteiger partial charge in [-0.15, -0.1) is 16.1 Å². The summed E-state index contributed by atoms with van der Waals surface area (Å²) < 4.78 is 5.94. The first-order valence-corrected chi connectivity index (χ1v) is 10.0. The highest BCUT2D eigenvalue weighted by atomic mass is 15.4. The topological polar surface area (TPSA) is 64.4 Å². The summed E-state index contributed by atoms with van der Waals surface area (Å²) in [7, 11) is 0. The van der Waals surface area contributed by atoms with Crippen LogP contribution in [0.1, 0.15) is 31.4 Å². The van der Waals surface area contributed by atoms with Crippen molar-refractivity contribution in [2.75, 3.05) is 5.43 Å². The van der Waals surface area contributed by atoms with Crippen molar-refractivity contribution in [1.82, 2.24) is 24.3 Å². The van der Waals surface area contributed by atoms with Gasteiger partial charge >= 0.3 is 0 Å². The molecule has 1 N–H and O–H groups in total. The maximum Gasteiger partial charge on any atom is 0.201 e. The molecule has 4 aromatic rings. The summed E-state index contributed by atoms with van der Waals surface area (Å²) in [6, 6.07) is 12.2. The first-order valence-electron chi connectivity index (χ1n) is 10.0. The van der Waals surface area contributed by atoms with Gasteiger partial charge in [-0.05, 0) is 31.9 Å². The average Bonchev–Trinajstić information content (AvgIpc) is 3.32. The Morgan fingerprint density at radius 2 is 2.03 bits per heavy atom. The standard InChI is InChI=1S/C23H22N7/c1-2-3-11-28-17-25-26-23(28)19-5-4-6-20(14-19)27-30-12-9-21(10-13-30)29-15-22(24-16-29)18-7-8-18/h4-6,9-10,12-18,27H,7-8,11H2,1H3/q+1. The first kappa shape index (κ1) is 18.1. The van der Waals surface area contributed by atoms with E-state index in [-0.39, 0.29) is 0 Å². The molecule has 7 heteroatoms. The van der Waals surface area contributed by atoms with E-state index in [1.807, 2.05) is 53.1 Å². The second kappa shape index (κ2) is 7.84. The number of rotatable bonds is 6. The highest BCUT2D eigenvalue weighted by molar-refractivity contribution is 5.62. The maximum atomic E-state index is 4.52. The van der Waals surface area contributed by atoms with E-state index in [1.165, 1.54) is 18.5 Å². The Morgan fingerprint density at radius 3 is 2.83 bits per heavy atom. The van der Waals surface area contributed by atoms with Crippen molar-refractivity contribution in [2.24, 2.45) is 0 Å². The van der Waals surface area contributed by atoms with Crippen LogP contribution >= 0.6 is 0 Å². The fourth-order valence-corrected chi connectivity index (χ4v) is 3.37. The quantitative estimate of drug-likeness (QED) is 0.402. The van der Waals surface area contributed by atoms with E-state index in [4.69, 9.17) is 0 Å². The molecule has 0 unspecified atom stereocenters. The van der Waals surface area contributed by atoms with Crippen LogP contribution in [0.3, 0.4) is 0 Å². The van der Waals surface area contributed by atoms with Crippen molar-refractivity contribution in [3.8, 4) is 28.9 Å². The molecule has 5 rings (SSSR count). The van der Waals surface area contributed by atoms with Gasteiger partial charge in [-0.2, -0.15) is 5.43 Å². The summed E-state index contributed by atoms with van der Waals surface area (Å²) >= 11 is 0. The Kier molecular flexibility index (Phi) is 4.74. The smallest absolute Gasteiger partial charge is 0.201 e. The van der Waals surface area contributed by atoms with E-state index in [0.29, 0.717) is 12.5 Å². The largest absolute Gasteiger partial charge is 0.306 e. The van der Waals surface area contributed by atoms with Gasteiger partial charge in [0.25, 0.3) is 0 Å². The lowest BCUT2D eigenvalue weighted by atomic mass is 10.2. The first-order chi connectivity index (χ1) is 14.8. The highest BCUT2D eigenvalue weighted by Gasteiger charge is 2.25. The van der Waals surface area contributed by atoms with E-state index in [1.54, 1.807) is 6.33 Å². The van der Waals surface area contributed by atoms with Crippen LogP contribution in [0.25, 0.3) is 17.1 Å². The van der Waals surface area contributed by atoms with E-state index < -0.39 is 0 Å². The summed E-state index contributed by atoms with van der Waals surface area (Å²) in [4.78, 5) is 4.52. The summed E-state index contributed by atoms with van der Waals surface area (Å²) in [6.07, 6.45) is 12.2. The molecule has 1 fully saturated rings. The number of benzene rings is 1. The number of hydrogen-bond acceptors (Lipinski definition) is 4. The fourth-order valence-electron chi connectivity index (χ4n) is 3.37. The van der Waals surface area contributed by atoms with E-state index in [9.17, 15) is 0 Å². The zero-order valence-corrected chi connectivity index (χ0v) is 16.7. The summed E-state index contributed by atoms with van der Waals surface area (Å²) in [5.41, 5.74) is 7.61. The monoisotopic (exact) mass is 396 g/mol. The molecular weight excluding hydrogens is 374 g/mol. The predicted molar refractivity (Wildman–Crippen MR) is 114 cm³/mol. The number of aromatic nitrogens is 6. The number of nitrogens with zero attached hydrogens (tertiary/aromatic N) is 6. The normalized spacial score (nSPS) is 13.0. The van der Waals surface area contributed by atoms with Crippen LogP contribution in [0.15, 0.2) is 67.6 Å². The Labute approximate surface area is 175 Å². The Hall–Kier alpha value is -3.92. The Balaban J connectivity index is 1.32. The van der Waals surface area contributed by atoms with Gasteiger partial charge in [0.2, 0.25) is 12.4 Å². The zero-order valence-electron chi connectivity index (χ0n) is 16.7. The molecule has 1 aliphatic rings. The van der Waals surface area contributed by atoms with Crippen LogP contribution < -0.4 is 10.1 Å². The predicted octanol–water partition coefficient (Wildman–Crippen LogP) is 3.19. The van der Waals surface area contributed by atoms with Gasteiger partial charge in [0.05, 0.1) is 29.9 Å². The Bertz CT molecular complexity index is 1220. The fraction of sp³-hybridized carbons (Fsp3) is 0.217. The minimum atomic E-state index is 0.573. The molecule has 1 saturated carbocycles. The molecule has 1 aliphatic carbocycles. The maximum absolute atomic E-state index is 4.52. The lowest BCUT2D eigenvalue weighted by Gasteiger charge is -2.06. The van der Waals surface area contributed by atoms with Crippen LogP contribution in [-0.4, -0.2) is 24.3 Å². The minimum absolute atomic E-state index is 0.573. The summed E-state index contributed by atoms with van der Waals surface area (Å²) in [5.74, 6) is 7.42. The molecule has 1 aromatic carbocycles. The molecule has 148 valence electrons. The van der Waals surface area contributed by atoms with Crippen molar-refractivity contribution in [3.63, 3.8) is 0 Å². The van der Waals surface area contributed by atoms with Crippen molar-refractivity contribution < 1.29 is 4.68 Å². The Morgan fingerprint density at radius 1 is 1.17 bits per heavy atom. The second-order valence-corrected chi connectivity index (χ2v) is 7.35. The molecule has 0 amide bonds. The molecule has 3 aromatic heterocycles. The summed E-state index contributed by atoms with van der Waals surface area (Å²) in [6.45, 7) is 2.40. The average molecular weight is 396 g/mol. The van der Waals surface area contributed by atoms with Crippen molar-refractivity contribution >= 4 is 5.69 Å². The van der Waals surface area contributed by atoms with Gasteiger partial charge in [0, 0.05) is 29.8 Å². The zero-order chi connectivity index (χ0) is 20.3. The highest BCUT2D eigenvalue weighted by Crippen LogP contribution is 2.39. The van der Waals surface area contributed by atoms with Crippen molar-refractivity contribution in [2.45, 2.75) is 32.2 Å². The number of nitrogens with one attached hydrogen (secondary N) is 1. The van der Waals surface area contributed by atoms with Crippen molar-refractivity contribution in [3.05, 3.63) is 73.3 Å². The molecule has 7 nitrogen and oxygen atoms in total. The van der Waals surface area contributed by atoms with Crippen LogP contribution in [0.4, 0.5) is 5.69 Å². The number of pyridine rings is 1. The van der Waals surface area contributed by atoms with Gasteiger partial charge in [-0.3, -0.25) is 0 Å². The molecule has 0 aliphatic heterocycles. The van der Waals surface area contributed by atoms with Crippen LogP contribution in [0, 0.1) is 11.8 Å². The van der Waals surface area contributed by atoms with E-state index >= 15 is 0 Å². The van der Waals surface area contributed by atoms with Crippen LogP contribution in [0.2, 0.25) is 0 Å². The number of anilines is 1. The number of imidazole rings is 1. The van der Waals surface area contributed by atoms with E-state index in [0.717, 1.165) is 22.8 Å². The molecule has 0 radical (unpaired) electrons. The third-order valence-corrected chi connectivity index (χ3v) is 5.13. The lowest BCUT2D eigenvalue weighted by Crippen LogP contribution is -2.41. The van der Waals surface area contributed by atoms with Gasteiger partial charge in [-0.1, -0.05) is 22.7 Å². The van der Waals surface area contributed by atoms with Crippen LogP contribution in [-0.2, 0) is 6.54 Å². The third-order valence-electron chi connectivity index (χ3n) is 5.13. The van der Waals surface area contributed by atoms with Gasteiger partial charge in [0.1, 0.15) is 6.33 Å². The molecule has 30 heavy (non-hydrogen) atoms. The van der Waals surface area contributed by atoms with Gasteiger partial charge in [0.15, 0.2) is 5.82 Å². The molecule has 0 spiro atoms. The molecular formula is C23H22N7+. The molecule has 0 saturated heterocycles. The minimum Gasteiger partial charge on any atom is -0.306 e. The molecule has 3 heterocycles. The lowest BCUT2D eigenvalue weighted by molar-refractivity contribution is -0.642. The second-order valence-electron chi connectivity index (χ2n) is 7.35. The summed E-state index contributed by atoms with van der Waals surface area (Å²) in [5, 5.41) is 8.29. The van der Waals surface area contributed by atoms with E-state index in [2.05, 4.69) is 61.4 Å². The van der Waals surface area contributed by atoms with Gasteiger partial charge < -0.3 is 9.13 Å². The molecule has 0 bridgehead atoms. The van der Waals surface area contributed by atoms with Crippen LogP contribution in [0.5, 0.6) is 0 Å². The van der Waals surface area contributed by atoms with Crippen molar-refractivity contribution in [1.29, 1.82) is 0 Å². The van der Waals surface area contributed by atoms with Gasteiger partial charge in [-0.25, -0.2) is 4.98 Å². The molecule has 0 atom stereocenters. The SMILES string of the molecule is CC#CCn1cnnc1-c1cccc(N[n+]2ccc(-n3cnc(C4CC4)c3)cc2)c1. The number of hydrogen-bond donors (Lipinski definition) is 1. The third kappa shape index (κ3) is 3.80.